The Kier molecular flexibility index (Phi) is 11.0. The second-order valence-electron chi connectivity index (χ2n) is 5.27. The lowest BCUT2D eigenvalue weighted by atomic mass is 10.1. The molecule has 0 saturated carbocycles. The van der Waals surface area contributed by atoms with E-state index in [9.17, 15) is 34.2 Å². The van der Waals surface area contributed by atoms with Gasteiger partial charge in [0.05, 0.1) is 25.7 Å². The van der Waals surface area contributed by atoms with E-state index in [2.05, 4.69) is 12.6 Å². The fourth-order valence-corrected chi connectivity index (χ4v) is 1.93. The van der Waals surface area contributed by atoms with Crippen molar-refractivity contribution in [3.8, 4) is 0 Å². The first-order valence-electron chi connectivity index (χ1n) is 7.51. The number of amides is 3. The van der Waals surface area contributed by atoms with Crippen LogP contribution in [0.3, 0.4) is 0 Å². The van der Waals surface area contributed by atoms with Gasteiger partial charge in [0, 0.05) is 5.75 Å². The van der Waals surface area contributed by atoms with Crippen molar-refractivity contribution < 1.29 is 44.4 Å². The molecule has 27 heavy (non-hydrogen) atoms. The summed E-state index contributed by atoms with van der Waals surface area (Å²) in [5, 5.41) is 41.9. The molecule has 0 spiro atoms. The summed E-state index contributed by atoms with van der Waals surface area (Å²) < 4.78 is 0. The highest BCUT2D eigenvalue weighted by Gasteiger charge is 2.29. The van der Waals surface area contributed by atoms with Gasteiger partial charge in [-0.05, 0) is 0 Å². The number of hydrogen-bond acceptors (Lipinski definition) is 9. The maximum Gasteiger partial charge on any atom is 0.327 e. The first-order valence-corrected chi connectivity index (χ1v) is 8.14. The second kappa shape index (κ2) is 12.1. The van der Waals surface area contributed by atoms with E-state index in [0.717, 1.165) is 0 Å². The average Bonchev–Trinajstić information content (AvgIpc) is 2.60. The van der Waals surface area contributed by atoms with Crippen LogP contribution in [-0.4, -0.2) is 93.2 Å². The molecule has 0 aliphatic heterocycles. The summed E-state index contributed by atoms with van der Waals surface area (Å²) in [5.74, 6) is -6.12. The summed E-state index contributed by atoms with van der Waals surface area (Å²) in [6.45, 7) is -1.81. The molecule has 14 heteroatoms. The van der Waals surface area contributed by atoms with Crippen LogP contribution in [0, 0.1) is 0 Å². The molecule has 0 saturated heterocycles. The number of carbonyl (C=O) groups excluding carboxylic acids is 3. The normalized spacial score (nSPS) is 15.0. The maximum absolute atomic E-state index is 12.1. The molecule has 0 rings (SSSR count). The van der Waals surface area contributed by atoms with Crippen molar-refractivity contribution in [2.45, 2.75) is 30.6 Å². The van der Waals surface area contributed by atoms with Crippen LogP contribution < -0.4 is 21.7 Å². The fourth-order valence-electron chi connectivity index (χ4n) is 1.68. The number of nitrogens with one attached hydrogen (secondary N) is 3. The van der Waals surface area contributed by atoms with Gasteiger partial charge >= 0.3 is 11.9 Å². The molecule has 13 nitrogen and oxygen atoms in total. The zero-order valence-electron chi connectivity index (χ0n) is 14.0. The Labute approximate surface area is 158 Å². The lowest BCUT2D eigenvalue weighted by Gasteiger charge is -2.22. The SMILES string of the molecule is NC(CC(=O)O)C(=O)NC(CO)C(=O)NC(CO)C(=O)NC(CS)C(=O)O. The lowest BCUT2D eigenvalue weighted by Crippen LogP contribution is -2.59. The lowest BCUT2D eigenvalue weighted by molar-refractivity contribution is -0.142. The van der Waals surface area contributed by atoms with Gasteiger partial charge in [-0.2, -0.15) is 12.6 Å². The Hall–Kier alpha value is -2.42. The third-order valence-corrected chi connectivity index (χ3v) is 3.52. The van der Waals surface area contributed by atoms with Crippen molar-refractivity contribution in [3.63, 3.8) is 0 Å². The van der Waals surface area contributed by atoms with Gasteiger partial charge in [0.1, 0.15) is 18.1 Å². The molecule has 0 heterocycles. The molecule has 9 N–H and O–H groups in total. The van der Waals surface area contributed by atoms with Gasteiger partial charge in [-0.25, -0.2) is 4.79 Å². The van der Waals surface area contributed by atoms with E-state index in [1.165, 1.54) is 0 Å². The van der Waals surface area contributed by atoms with E-state index >= 15 is 0 Å². The standard InChI is InChI=1S/C13H22N4O9S/c14-5(1-9(20)21)10(22)15-6(2-18)11(23)16-7(3-19)12(24)17-8(4-27)13(25)26/h5-8,18-19,27H,1-4,14H2,(H,15,22)(H,16,23)(H,17,24)(H,20,21)(H,25,26). The molecule has 154 valence electrons. The topological polar surface area (TPSA) is 228 Å². The third kappa shape index (κ3) is 8.67. The quantitative estimate of drug-likeness (QED) is 0.139. The van der Waals surface area contributed by atoms with Gasteiger partial charge in [0.2, 0.25) is 17.7 Å². The molecule has 0 aliphatic carbocycles. The van der Waals surface area contributed by atoms with E-state index in [1.54, 1.807) is 0 Å². The summed E-state index contributed by atoms with van der Waals surface area (Å²) in [6.07, 6.45) is -0.715. The Morgan fingerprint density at radius 1 is 0.815 bits per heavy atom. The van der Waals surface area contributed by atoms with Crippen molar-refractivity contribution in [1.82, 2.24) is 16.0 Å². The number of aliphatic carboxylic acids is 2. The number of aliphatic hydroxyl groups is 2. The first kappa shape index (κ1) is 24.6. The summed E-state index contributed by atoms with van der Waals surface area (Å²) in [5.41, 5.74) is 5.32. The Morgan fingerprint density at radius 3 is 1.56 bits per heavy atom. The summed E-state index contributed by atoms with van der Waals surface area (Å²) in [7, 11) is 0. The second-order valence-corrected chi connectivity index (χ2v) is 5.64. The molecular formula is C13H22N4O9S. The van der Waals surface area contributed by atoms with Gasteiger partial charge in [-0.1, -0.05) is 0 Å². The number of hydrogen-bond donors (Lipinski definition) is 9. The van der Waals surface area contributed by atoms with E-state index < -0.39 is 73.5 Å². The van der Waals surface area contributed by atoms with Crippen molar-refractivity contribution >= 4 is 42.3 Å². The predicted molar refractivity (Wildman–Crippen MR) is 91.7 cm³/mol. The van der Waals surface area contributed by atoms with Gasteiger partial charge in [-0.3, -0.25) is 19.2 Å². The minimum absolute atomic E-state index is 0.246. The van der Waals surface area contributed by atoms with Crippen LogP contribution in [0.15, 0.2) is 0 Å². The first-order chi connectivity index (χ1) is 12.6. The van der Waals surface area contributed by atoms with Crippen molar-refractivity contribution in [2.24, 2.45) is 5.73 Å². The molecule has 4 unspecified atom stereocenters. The third-order valence-electron chi connectivity index (χ3n) is 3.16. The van der Waals surface area contributed by atoms with E-state index in [4.69, 9.17) is 15.9 Å². The fraction of sp³-hybridized carbons (Fsp3) is 0.615. The average molecular weight is 410 g/mol. The Bertz CT molecular complexity index is 574. The van der Waals surface area contributed by atoms with Crippen molar-refractivity contribution in [3.05, 3.63) is 0 Å². The van der Waals surface area contributed by atoms with Gasteiger partial charge in [-0.15, -0.1) is 0 Å². The van der Waals surface area contributed by atoms with Crippen LogP contribution in [0.5, 0.6) is 0 Å². The minimum atomic E-state index is -1.58. The Morgan fingerprint density at radius 2 is 1.22 bits per heavy atom. The molecule has 0 radical (unpaired) electrons. The smallest absolute Gasteiger partial charge is 0.327 e. The highest BCUT2D eigenvalue weighted by atomic mass is 32.1. The van der Waals surface area contributed by atoms with Crippen molar-refractivity contribution in [2.75, 3.05) is 19.0 Å². The van der Waals surface area contributed by atoms with E-state index in [-0.39, 0.29) is 5.75 Å². The summed E-state index contributed by atoms with van der Waals surface area (Å²) >= 11 is 3.75. The highest BCUT2D eigenvalue weighted by molar-refractivity contribution is 7.80. The number of carboxylic acids is 2. The molecule has 0 aromatic heterocycles. The molecule has 3 amide bonds. The van der Waals surface area contributed by atoms with Crippen LogP contribution in [0.4, 0.5) is 0 Å². The monoisotopic (exact) mass is 410 g/mol. The van der Waals surface area contributed by atoms with E-state index in [0.29, 0.717) is 0 Å². The number of carbonyl (C=O) groups is 5. The van der Waals surface area contributed by atoms with Gasteiger partial charge < -0.3 is 42.1 Å². The van der Waals surface area contributed by atoms with Crippen LogP contribution >= 0.6 is 12.6 Å². The van der Waals surface area contributed by atoms with Crippen LogP contribution in [0.25, 0.3) is 0 Å². The predicted octanol–water partition coefficient (Wildman–Crippen LogP) is -4.76. The zero-order valence-corrected chi connectivity index (χ0v) is 14.9. The summed E-state index contributed by atoms with van der Waals surface area (Å²) in [4.78, 5) is 57.1. The molecule has 4 atom stereocenters. The largest absolute Gasteiger partial charge is 0.481 e. The summed E-state index contributed by atoms with van der Waals surface area (Å²) in [6, 6.07) is -6.00. The number of carboxylic acid groups (broad SMARTS) is 2. The van der Waals surface area contributed by atoms with Crippen LogP contribution in [-0.2, 0) is 24.0 Å². The van der Waals surface area contributed by atoms with Crippen LogP contribution in [0.1, 0.15) is 6.42 Å². The van der Waals surface area contributed by atoms with Gasteiger partial charge in [0.15, 0.2) is 0 Å². The van der Waals surface area contributed by atoms with Gasteiger partial charge in [0.25, 0.3) is 0 Å². The molecule has 0 bridgehead atoms. The molecule has 0 aromatic rings. The minimum Gasteiger partial charge on any atom is -0.481 e. The number of rotatable bonds is 12. The Balaban J connectivity index is 4.91. The maximum atomic E-state index is 12.1. The highest BCUT2D eigenvalue weighted by Crippen LogP contribution is 1.95. The number of thiol groups is 1. The molecule has 0 aromatic carbocycles. The van der Waals surface area contributed by atoms with Crippen LogP contribution in [0.2, 0.25) is 0 Å². The molecular weight excluding hydrogens is 388 g/mol. The van der Waals surface area contributed by atoms with Crippen molar-refractivity contribution in [1.29, 1.82) is 0 Å². The van der Waals surface area contributed by atoms with E-state index in [1.807, 2.05) is 16.0 Å². The molecule has 0 fully saturated rings. The molecule has 0 aliphatic rings. The zero-order chi connectivity index (χ0) is 21.1. The number of nitrogens with two attached hydrogens (primary N) is 1. The number of aliphatic hydroxyl groups excluding tert-OH is 2.